The molecule has 0 aliphatic carbocycles. The normalized spacial score (nSPS) is 10.1. The molecule has 82 valence electrons. The Labute approximate surface area is 95.5 Å². The van der Waals surface area contributed by atoms with Crippen LogP contribution >= 0.6 is 15.9 Å². The summed E-state index contributed by atoms with van der Waals surface area (Å²) in [6.45, 7) is 0.274. The van der Waals surface area contributed by atoms with E-state index in [2.05, 4.69) is 15.9 Å². The van der Waals surface area contributed by atoms with Gasteiger partial charge in [0.1, 0.15) is 0 Å². The monoisotopic (exact) mass is 275 g/mol. The Morgan fingerprint density at radius 3 is 2.80 bits per heavy atom. The Balaban J connectivity index is 3.10. The Bertz CT molecular complexity index is 382. The number of ether oxygens (including phenoxy) is 1. The molecule has 1 aromatic rings. The fraction of sp³-hybridized carbons (Fsp3) is 0.300. The maximum absolute atomic E-state index is 13.3. The van der Waals surface area contributed by atoms with Crippen LogP contribution in [0.3, 0.4) is 0 Å². The summed E-state index contributed by atoms with van der Waals surface area (Å²) >= 11 is 3.02. The van der Waals surface area contributed by atoms with E-state index in [1.54, 1.807) is 0 Å². The number of hydrogen-bond donors (Lipinski definition) is 1. The highest BCUT2D eigenvalue weighted by molar-refractivity contribution is 9.10. The summed E-state index contributed by atoms with van der Waals surface area (Å²) in [6, 6.07) is 2.80. The minimum Gasteiger partial charge on any atom is -0.494 e. The summed E-state index contributed by atoms with van der Waals surface area (Å²) in [5.74, 6) is -0.594. The third-order valence-electron chi connectivity index (χ3n) is 1.91. The highest BCUT2D eigenvalue weighted by Gasteiger charge is 2.13. The van der Waals surface area contributed by atoms with Crippen LogP contribution in [0.1, 0.15) is 16.8 Å². The summed E-state index contributed by atoms with van der Waals surface area (Å²) in [7, 11) is 1.35. The second-order valence-corrected chi connectivity index (χ2v) is 3.79. The molecule has 0 fully saturated rings. The average molecular weight is 276 g/mol. The quantitative estimate of drug-likeness (QED) is 0.857. The van der Waals surface area contributed by atoms with Crippen LogP contribution in [0.4, 0.5) is 4.39 Å². The molecule has 15 heavy (non-hydrogen) atoms. The van der Waals surface area contributed by atoms with E-state index in [0.29, 0.717) is 5.56 Å². The fourth-order valence-corrected chi connectivity index (χ4v) is 1.59. The summed E-state index contributed by atoms with van der Waals surface area (Å²) in [4.78, 5) is 11.5. The molecule has 0 aromatic heterocycles. The lowest BCUT2D eigenvalue weighted by Crippen LogP contribution is -2.08. The van der Waals surface area contributed by atoms with Gasteiger partial charge in [0, 0.05) is 12.0 Å². The minimum atomic E-state index is -0.512. The number of carbonyl (C=O) groups is 1. The number of methoxy groups -OCH3 is 1. The molecule has 2 N–H and O–H groups in total. The number of hydrogen-bond acceptors (Lipinski definition) is 3. The number of halogens is 2. The number of nitrogens with two attached hydrogens (primary N) is 1. The molecule has 0 aliphatic rings. The van der Waals surface area contributed by atoms with Gasteiger partial charge in [0.15, 0.2) is 17.3 Å². The third kappa shape index (κ3) is 2.76. The van der Waals surface area contributed by atoms with Gasteiger partial charge in [-0.25, -0.2) is 4.39 Å². The Morgan fingerprint density at radius 1 is 1.60 bits per heavy atom. The van der Waals surface area contributed by atoms with Crippen molar-refractivity contribution in [2.24, 2.45) is 5.73 Å². The van der Waals surface area contributed by atoms with Crippen LogP contribution in [0.5, 0.6) is 5.75 Å². The predicted octanol–water partition coefficient (Wildman–Crippen LogP) is 2.13. The summed E-state index contributed by atoms with van der Waals surface area (Å²) in [5, 5.41) is 0. The zero-order valence-corrected chi connectivity index (χ0v) is 9.80. The largest absolute Gasteiger partial charge is 0.494 e. The van der Waals surface area contributed by atoms with E-state index in [1.165, 1.54) is 19.2 Å². The number of benzene rings is 1. The molecular weight excluding hydrogens is 265 g/mol. The van der Waals surface area contributed by atoms with Gasteiger partial charge in [-0.15, -0.1) is 0 Å². The van der Waals surface area contributed by atoms with Gasteiger partial charge in [0.2, 0.25) is 0 Å². The Hall–Kier alpha value is -0.940. The first kappa shape index (κ1) is 12.1. The molecule has 0 bridgehead atoms. The lowest BCUT2D eigenvalue weighted by atomic mass is 10.1. The first-order valence-corrected chi connectivity index (χ1v) is 5.15. The second kappa shape index (κ2) is 5.23. The number of ketones is 1. The lowest BCUT2D eigenvalue weighted by molar-refractivity contribution is 0.0985. The van der Waals surface area contributed by atoms with Gasteiger partial charge in [-0.1, -0.05) is 0 Å². The van der Waals surface area contributed by atoms with Crippen LogP contribution in [0.2, 0.25) is 0 Å². The van der Waals surface area contributed by atoms with Crippen LogP contribution in [-0.2, 0) is 0 Å². The van der Waals surface area contributed by atoms with Crippen LogP contribution in [-0.4, -0.2) is 19.4 Å². The van der Waals surface area contributed by atoms with E-state index in [-0.39, 0.29) is 29.0 Å². The molecule has 0 saturated carbocycles. The maximum Gasteiger partial charge on any atom is 0.179 e. The van der Waals surface area contributed by atoms with Gasteiger partial charge in [0.05, 0.1) is 11.6 Å². The van der Waals surface area contributed by atoms with Crippen molar-refractivity contribution in [3.05, 3.63) is 28.0 Å². The standard InChI is InChI=1S/C10H11BrFNO2/c1-15-9-5-6(8(14)2-3-13)4-7(11)10(9)12/h4-5H,2-3,13H2,1H3. The molecule has 0 heterocycles. The van der Waals surface area contributed by atoms with Crippen molar-refractivity contribution in [3.63, 3.8) is 0 Å². The van der Waals surface area contributed by atoms with Crippen molar-refractivity contribution in [1.82, 2.24) is 0 Å². The van der Waals surface area contributed by atoms with Gasteiger partial charge in [-0.3, -0.25) is 4.79 Å². The summed E-state index contributed by atoms with van der Waals surface area (Å²) < 4.78 is 18.3. The molecule has 0 atom stereocenters. The highest BCUT2D eigenvalue weighted by Crippen LogP contribution is 2.27. The van der Waals surface area contributed by atoms with E-state index in [4.69, 9.17) is 10.5 Å². The predicted molar refractivity (Wildman–Crippen MR) is 58.7 cm³/mol. The fourth-order valence-electron chi connectivity index (χ4n) is 1.15. The van der Waals surface area contributed by atoms with E-state index >= 15 is 0 Å². The molecule has 1 aromatic carbocycles. The molecule has 0 aliphatic heterocycles. The average Bonchev–Trinajstić information content (AvgIpc) is 2.22. The van der Waals surface area contributed by atoms with E-state index in [0.717, 1.165) is 0 Å². The van der Waals surface area contributed by atoms with Crippen molar-refractivity contribution in [2.45, 2.75) is 6.42 Å². The molecule has 0 spiro atoms. The van der Waals surface area contributed by atoms with Gasteiger partial charge < -0.3 is 10.5 Å². The minimum absolute atomic E-state index is 0.0461. The molecule has 0 saturated heterocycles. The van der Waals surface area contributed by atoms with Crippen molar-refractivity contribution in [2.75, 3.05) is 13.7 Å². The first-order chi connectivity index (χ1) is 7.10. The molecule has 5 heteroatoms. The van der Waals surface area contributed by atoms with E-state index < -0.39 is 5.82 Å². The van der Waals surface area contributed by atoms with Crippen LogP contribution in [0, 0.1) is 5.82 Å². The van der Waals surface area contributed by atoms with Crippen molar-refractivity contribution >= 4 is 21.7 Å². The first-order valence-electron chi connectivity index (χ1n) is 4.36. The third-order valence-corrected chi connectivity index (χ3v) is 2.49. The zero-order valence-electron chi connectivity index (χ0n) is 8.22. The number of Topliss-reactive ketones (excluding diaryl/α,β-unsaturated/α-hetero) is 1. The zero-order chi connectivity index (χ0) is 11.4. The van der Waals surface area contributed by atoms with Gasteiger partial charge in [0.25, 0.3) is 0 Å². The molecule has 0 radical (unpaired) electrons. The molecular formula is C10H11BrFNO2. The van der Waals surface area contributed by atoms with Crippen LogP contribution < -0.4 is 10.5 Å². The second-order valence-electron chi connectivity index (χ2n) is 2.94. The van der Waals surface area contributed by atoms with Gasteiger partial charge in [-0.2, -0.15) is 0 Å². The van der Waals surface area contributed by atoms with Crippen molar-refractivity contribution < 1.29 is 13.9 Å². The molecule has 0 unspecified atom stereocenters. The van der Waals surface area contributed by atoms with Gasteiger partial charge >= 0.3 is 0 Å². The summed E-state index contributed by atoms with van der Waals surface area (Å²) in [5.41, 5.74) is 5.66. The Kier molecular flexibility index (Phi) is 4.23. The summed E-state index contributed by atoms with van der Waals surface area (Å²) in [6.07, 6.45) is 0.237. The van der Waals surface area contributed by atoms with Crippen molar-refractivity contribution in [3.8, 4) is 5.75 Å². The maximum atomic E-state index is 13.3. The molecule has 0 amide bonds. The van der Waals surface area contributed by atoms with Crippen LogP contribution in [0.25, 0.3) is 0 Å². The molecule has 3 nitrogen and oxygen atoms in total. The topological polar surface area (TPSA) is 52.3 Å². The number of rotatable bonds is 4. The Morgan fingerprint density at radius 2 is 2.27 bits per heavy atom. The van der Waals surface area contributed by atoms with E-state index in [9.17, 15) is 9.18 Å². The van der Waals surface area contributed by atoms with Crippen molar-refractivity contribution in [1.29, 1.82) is 0 Å². The lowest BCUT2D eigenvalue weighted by Gasteiger charge is -2.06. The smallest absolute Gasteiger partial charge is 0.179 e. The highest BCUT2D eigenvalue weighted by atomic mass is 79.9. The molecule has 1 rings (SSSR count). The van der Waals surface area contributed by atoms with Crippen LogP contribution in [0.15, 0.2) is 16.6 Å². The number of carbonyl (C=O) groups excluding carboxylic acids is 1. The SMILES string of the molecule is COc1cc(C(=O)CCN)cc(Br)c1F. The van der Waals surface area contributed by atoms with Gasteiger partial charge in [-0.05, 0) is 34.6 Å². The van der Waals surface area contributed by atoms with E-state index in [1.807, 2.05) is 0 Å².